The van der Waals surface area contributed by atoms with Crippen molar-refractivity contribution in [1.29, 1.82) is 0 Å². The molecular weight excluding hydrogens is 148 g/mol. The quantitative estimate of drug-likeness (QED) is 0.645. The first-order valence-corrected chi connectivity index (χ1v) is 5.11. The summed E-state index contributed by atoms with van der Waals surface area (Å²) in [4.78, 5) is 0. The molecule has 0 aromatic carbocycles. The summed E-state index contributed by atoms with van der Waals surface area (Å²) in [5.74, 6) is 2.53. The van der Waals surface area contributed by atoms with Crippen LogP contribution in [0.4, 0.5) is 0 Å². The number of nitrogens with one attached hydrogen (secondary N) is 2. The summed E-state index contributed by atoms with van der Waals surface area (Å²) in [6.07, 6.45) is 0. The Bertz CT molecular complexity index is 119. The van der Waals surface area contributed by atoms with Crippen molar-refractivity contribution in [3.63, 3.8) is 0 Å². The van der Waals surface area contributed by atoms with E-state index < -0.39 is 0 Å². The van der Waals surface area contributed by atoms with Crippen molar-refractivity contribution in [3.05, 3.63) is 0 Å². The molecule has 0 spiro atoms. The van der Waals surface area contributed by atoms with Crippen molar-refractivity contribution in [2.75, 3.05) is 26.2 Å². The van der Waals surface area contributed by atoms with Gasteiger partial charge in [0.15, 0.2) is 0 Å². The van der Waals surface area contributed by atoms with E-state index in [-0.39, 0.29) is 0 Å². The van der Waals surface area contributed by atoms with Crippen LogP contribution in [-0.4, -0.2) is 26.2 Å². The molecular formula is C10H22N2. The average molecular weight is 170 g/mol. The topological polar surface area (TPSA) is 24.1 Å². The van der Waals surface area contributed by atoms with E-state index in [4.69, 9.17) is 0 Å². The summed E-state index contributed by atoms with van der Waals surface area (Å²) in [7, 11) is 0. The van der Waals surface area contributed by atoms with Gasteiger partial charge in [0.25, 0.3) is 0 Å². The summed E-state index contributed by atoms with van der Waals surface area (Å²) < 4.78 is 0. The Kier molecular flexibility index (Phi) is 4.02. The van der Waals surface area contributed by atoms with E-state index in [0.29, 0.717) is 0 Å². The van der Waals surface area contributed by atoms with Gasteiger partial charge in [-0.05, 0) is 43.9 Å². The number of hydrogen-bond donors (Lipinski definition) is 2. The van der Waals surface area contributed by atoms with Crippen molar-refractivity contribution < 1.29 is 0 Å². The van der Waals surface area contributed by atoms with Crippen LogP contribution in [0.2, 0.25) is 0 Å². The molecule has 1 heterocycles. The molecule has 1 unspecified atom stereocenters. The summed E-state index contributed by atoms with van der Waals surface area (Å²) in [5, 5.41) is 6.82. The Balaban J connectivity index is 1.98. The lowest BCUT2D eigenvalue weighted by Gasteiger charge is -2.32. The summed E-state index contributed by atoms with van der Waals surface area (Å²) in [5.41, 5.74) is 0. The molecule has 1 saturated heterocycles. The van der Waals surface area contributed by atoms with E-state index in [1.807, 2.05) is 0 Å². The molecule has 72 valence electrons. The van der Waals surface area contributed by atoms with Crippen molar-refractivity contribution in [1.82, 2.24) is 10.6 Å². The van der Waals surface area contributed by atoms with E-state index >= 15 is 0 Å². The molecule has 0 radical (unpaired) electrons. The SMILES string of the molecule is CC(C)CNCC(C)C1CNC1. The average Bonchev–Trinajstić information content (AvgIpc) is 1.81. The fourth-order valence-corrected chi connectivity index (χ4v) is 1.48. The minimum Gasteiger partial charge on any atom is -0.316 e. The second kappa shape index (κ2) is 4.83. The van der Waals surface area contributed by atoms with Crippen LogP contribution in [0.5, 0.6) is 0 Å². The molecule has 0 amide bonds. The van der Waals surface area contributed by atoms with Gasteiger partial charge in [-0.2, -0.15) is 0 Å². The lowest BCUT2D eigenvalue weighted by Crippen LogP contribution is -2.47. The third kappa shape index (κ3) is 3.11. The van der Waals surface area contributed by atoms with Crippen LogP contribution in [0, 0.1) is 17.8 Å². The first kappa shape index (κ1) is 10.0. The highest BCUT2D eigenvalue weighted by molar-refractivity contribution is 4.80. The lowest BCUT2D eigenvalue weighted by molar-refractivity contribution is 0.241. The Morgan fingerprint density at radius 1 is 1.25 bits per heavy atom. The first-order chi connectivity index (χ1) is 5.70. The molecule has 1 rings (SSSR count). The van der Waals surface area contributed by atoms with E-state index in [1.54, 1.807) is 0 Å². The predicted octanol–water partition coefficient (Wildman–Crippen LogP) is 1.09. The third-order valence-corrected chi connectivity index (χ3v) is 2.64. The van der Waals surface area contributed by atoms with Gasteiger partial charge in [0.05, 0.1) is 0 Å². The second-order valence-electron chi connectivity index (χ2n) is 4.45. The summed E-state index contributed by atoms with van der Waals surface area (Å²) in [6.45, 7) is 11.6. The molecule has 2 N–H and O–H groups in total. The molecule has 0 bridgehead atoms. The minimum absolute atomic E-state index is 0.775. The normalized spacial score (nSPS) is 21.0. The smallest absolute Gasteiger partial charge is 0.000522 e. The van der Waals surface area contributed by atoms with E-state index in [0.717, 1.165) is 24.3 Å². The maximum Gasteiger partial charge on any atom is -0.000522 e. The third-order valence-electron chi connectivity index (χ3n) is 2.64. The Labute approximate surface area is 76.1 Å². The highest BCUT2D eigenvalue weighted by atomic mass is 15.0. The fraction of sp³-hybridized carbons (Fsp3) is 1.00. The van der Waals surface area contributed by atoms with Crippen LogP contribution in [0.25, 0.3) is 0 Å². The highest BCUT2D eigenvalue weighted by Crippen LogP contribution is 2.14. The zero-order valence-corrected chi connectivity index (χ0v) is 8.56. The molecule has 12 heavy (non-hydrogen) atoms. The maximum atomic E-state index is 3.51. The van der Waals surface area contributed by atoms with Crippen LogP contribution < -0.4 is 10.6 Å². The van der Waals surface area contributed by atoms with Gasteiger partial charge < -0.3 is 10.6 Å². The molecule has 2 nitrogen and oxygen atoms in total. The molecule has 0 aromatic heterocycles. The summed E-state index contributed by atoms with van der Waals surface area (Å²) >= 11 is 0. The molecule has 1 fully saturated rings. The Hall–Kier alpha value is -0.0800. The van der Waals surface area contributed by atoms with Gasteiger partial charge in [-0.3, -0.25) is 0 Å². The van der Waals surface area contributed by atoms with Crippen LogP contribution in [0.3, 0.4) is 0 Å². The van der Waals surface area contributed by atoms with Gasteiger partial charge in [0, 0.05) is 0 Å². The van der Waals surface area contributed by atoms with E-state index in [2.05, 4.69) is 31.4 Å². The van der Waals surface area contributed by atoms with Crippen LogP contribution in [0.1, 0.15) is 20.8 Å². The molecule has 0 aliphatic carbocycles. The van der Waals surface area contributed by atoms with Crippen molar-refractivity contribution in [2.24, 2.45) is 17.8 Å². The summed E-state index contributed by atoms with van der Waals surface area (Å²) in [6, 6.07) is 0. The zero-order valence-electron chi connectivity index (χ0n) is 8.56. The molecule has 1 aliphatic rings. The van der Waals surface area contributed by atoms with Crippen LogP contribution in [0.15, 0.2) is 0 Å². The second-order valence-corrected chi connectivity index (χ2v) is 4.45. The highest BCUT2D eigenvalue weighted by Gasteiger charge is 2.22. The maximum absolute atomic E-state index is 3.51. The van der Waals surface area contributed by atoms with Gasteiger partial charge >= 0.3 is 0 Å². The molecule has 2 heteroatoms. The van der Waals surface area contributed by atoms with Gasteiger partial charge in [0.1, 0.15) is 0 Å². The van der Waals surface area contributed by atoms with Crippen molar-refractivity contribution in [2.45, 2.75) is 20.8 Å². The molecule has 1 atom stereocenters. The molecule has 0 saturated carbocycles. The van der Waals surface area contributed by atoms with Crippen LogP contribution >= 0.6 is 0 Å². The van der Waals surface area contributed by atoms with Crippen molar-refractivity contribution >= 4 is 0 Å². The van der Waals surface area contributed by atoms with Gasteiger partial charge in [-0.25, -0.2) is 0 Å². The number of hydrogen-bond acceptors (Lipinski definition) is 2. The lowest BCUT2D eigenvalue weighted by atomic mass is 9.89. The zero-order chi connectivity index (χ0) is 8.97. The largest absolute Gasteiger partial charge is 0.316 e. The Morgan fingerprint density at radius 3 is 2.33 bits per heavy atom. The predicted molar refractivity (Wildman–Crippen MR) is 53.2 cm³/mol. The Morgan fingerprint density at radius 2 is 1.92 bits per heavy atom. The molecule has 0 aromatic rings. The first-order valence-electron chi connectivity index (χ1n) is 5.11. The monoisotopic (exact) mass is 170 g/mol. The minimum atomic E-state index is 0.775. The van der Waals surface area contributed by atoms with E-state index in [9.17, 15) is 0 Å². The van der Waals surface area contributed by atoms with Gasteiger partial charge in [-0.15, -0.1) is 0 Å². The van der Waals surface area contributed by atoms with Gasteiger partial charge in [0.2, 0.25) is 0 Å². The van der Waals surface area contributed by atoms with Gasteiger partial charge in [-0.1, -0.05) is 20.8 Å². The molecule has 1 aliphatic heterocycles. The number of rotatable bonds is 5. The van der Waals surface area contributed by atoms with E-state index in [1.165, 1.54) is 19.6 Å². The fourth-order valence-electron chi connectivity index (χ4n) is 1.48. The van der Waals surface area contributed by atoms with Crippen molar-refractivity contribution in [3.8, 4) is 0 Å². The standard InChI is InChI=1S/C10H22N2/c1-8(2)4-11-5-9(3)10-6-12-7-10/h8-12H,4-7H2,1-3H3. The van der Waals surface area contributed by atoms with Crippen LogP contribution in [-0.2, 0) is 0 Å².